The van der Waals surface area contributed by atoms with Gasteiger partial charge >= 0.3 is 0 Å². The van der Waals surface area contributed by atoms with Gasteiger partial charge in [-0.2, -0.15) is 0 Å². The van der Waals surface area contributed by atoms with Gasteiger partial charge in [0.2, 0.25) is 0 Å². The first-order valence-corrected chi connectivity index (χ1v) is 13.1. The Labute approximate surface area is 218 Å². The van der Waals surface area contributed by atoms with Crippen LogP contribution in [0.25, 0.3) is 11.1 Å². The molecule has 1 fully saturated rings. The van der Waals surface area contributed by atoms with Gasteiger partial charge in [0.25, 0.3) is 0 Å². The number of rotatable bonds is 4. The highest BCUT2D eigenvalue weighted by molar-refractivity contribution is 9.10. The van der Waals surface area contributed by atoms with Gasteiger partial charge in [-0.25, -0.2) is 8.78 Å². The lowest BCUT2D eigenvalue weighted by molar-refractivity contribution is 0.477. The van der Waals surface area contributed by atoms with Crippen molar-refractivity contribution in [3.05, 3.63) is 117 Å². The molecule has 0 saturated heterocycles. The van der Waals surface area contributed by atoms with Crippen LogP contribution in [0.2, 0.25) is 0 Å². The van der Waals surface area contributed by atoms with Crippen LogP contribution >= 0.6 is 15.9 Å². The van der Waals surface area contributed by atoms with Gasteiger partial charge in [-0.15, -0.1) is 0 Å². The Bertz CT molecular complexity index is 1420. The molecule has 182 valence electrons. The van der Waals surface area contributed by atoms with Crippen LogP contribution in [-0.2, 0) is 6.42 Å². The first-order valence-electron chi connectivity index (χ1n) is 12.3. The summed E-state index contributed by atoms with van der Waals surface area (Å²) in [5.41, 5.74) is 5.86. The zero-order valence-corrected chi connectivity index (χ0v) is 21.5. The molecule has 0 bridgehead atoms. The minimum atomic E-state index is -0.623. The average Bonchev–Trinajstić information content (AvgIpc) is 3.69. The highest BCUT2D eigenvalue weighted by Gasteiger charge is 2.37. The van der Waals surface area contributed by atoms with Crippen molar-refractivity contribution >= 4 is 21.6 Å². The fourth-order valence-corrected chi connectivity index (χ4v) is 6.01. The molecule has 0 unspecified atom stereocenters. The maximum Gasteiger partial charge on any atom is 0.132 e. The summed E-state index contributed by atoms with van der Waals surface area (Å²) in [4.78, 5) is 2.15. The largest absolute Gasteiger partial charge is 0.507 e. The van der Waals surface area contributed by atoms with Crippen molar-refractivity contribution < 1.29 is 13.9 Å². The number of nitrogens with zero attached hydrogens (tertiary/aromatic N) is 1. The first-order chi connectivity index (χ1) is 17.4. The average molecular weight is 546 g/mol. The summed E-state index contributed by atoms with van der Waals surface area (Å²) >= 11 is 3.23. The highest BCUT2D eigenvalue weighted by Crippen LogP contribution is 2.46. The minimum absolute atomic E-state index is 0.00339. The van der Waals surface area contributed by atoms with Crippen LogP contribution < -0.4 is 4.90 Å². The molecule has 1 saturated carbocycles. The molecule has 6 rings (SSSR count). The van der Waals surface area contributed by atoms with E-state index in [1.54, 1.807) is 12.1 Å². The van der Waals surface area contributed by atoms with Gasteiger partial charge in [0.15, 0.2) is 0 Å². The quantitative estimate of drug-likeness (QED) is 0.277. The van der Waals surface area contributed by atoms with E-state index in [2.05, 4.69) is 58.1 Å². The molecule has 36 heavy (non-hydrogen) atoms. The van der Waals surface area contributed by atoms with E-state index >= 15 is 8.78 Å². The van der Waals surface area contributed by atoms with E-state index < -0.39 is 17.7 Å². The van der Waals surface area contributed by atoms with E-state index in [1.807, 2.05) is 24.3 Å². The van der Waals surface area contributed by atoms with Crippen molar-refractivity contribution in [2.45, 2.75) is 44.2 Å². The molecule has 0 spiro atoms. The van der Waals surface area contributed by atoms with Crippen LogP contribution in [0, 0.1) is 11.6 Å². The van der Waals surface area contributed by atoms with Gasteiger partial charge in [-0.05, 0) is 84.7 Å². The SMILES string of the molecule is C[C@@H]1Cc2cc(-c3ccccc3O)ccc2[C@@H](c2c(F)cc(Br)cc2F)N1c1ccc(C2CC2)cc1. The van der Waals surface area contributed by atoms with E-state index in [9.17, 15) is 5.11 Å². The smallest absolute Gasteiger partial charge is 0.132 e. The number of para-hydroxylation sites is 1. The van der Waals surface area contributed by atoms with E-state index in [0.717, 1.165) is 34.4 Å². The Balaban J connectivity index is 1.51. The Kier molecular flexibility index (Phi) is 5.83. The zero-order valence-electron chi connectivity index (χ0n) is 19.9. The van der Waals surface area contributed by atoms with Gasteiger partial charge in [0, 0.05) is 21.8 Å². The molecule has 0 aromatic heterocycles. The van der Waals surface area contributed by atoms with Crippen LogP contribution in [-0.4, -0.2) is 11.1 Å². The van der Waals surface area contributed by atoms with Gasteiger partial charge in [0.1, 0.15) is 17.4 Å². The Morgan fingerprint density at radius 3 is 2.25 bits per heavy atom. The van der Waals surface area contributed by atoms with Crippen molar-refractivity contribution in [3.8, 4) is 16.9 Å². The Hall–Kier alpha value is -3.18. The molecule has 4 aromatic carbocycles. The molecule has 1 aliphatic heterocycles. The number of hydrogen-bond donors (Lipinski definition) is 1. The molecule has 1 aliphatic carbocycles. The number of hydrogen-bond acceptors (Lipinski definition) is 2. The summed E-state index contributed by atoms with van der Waals surface area (Å²) in [5.74, 6) is -0.295. The Morgan fingerprint density at radius 1 is 0.889 bits per heavy atom. The maximum absolute atomic E-state index is 15.5. The molecule has 2 nitrogen and oxygen atoms in total. The van der Waals surface area contributed by atoms with Gasteiger partial charge in [-0.3, -0.25) is 0 Å². The number of fused-ring (bicyclic) bond motifs is 1. The summed E-state index contributed by atoms with van der Waals surface area (Å²) in [7, 11) is 0. The second-order valence-corrected chi connectivity index (χ2v) is 10.9. The number of aromatic hydroxyl groups is 1. The third kappa shape index (κ3) is 4.09. The van der Waals surface area contributed by atoms with Crippen molar-refractivity contribution in [2.24, 2.45) is 0 Å². The van der Waals surface area contributed by atoms with Crippen LogP contribution in [0.15, 0.2) is 83.3 Å². The number of anilines is 1. The number of halogens is 3. The molecule has 2 aliphatic rings. The molecule has 4 aromatic rings. The standard InChI is InChI=1S/C31H26BrF2NO/c1-18-14-22-15-21(25-4-2-3-5-29(25)36)10-13-26(22)31(30-27(33)16-23(32)17-28(30)34)35(18)24-11-8-20(9-12-24)19-6-7-19/h2-5,8-13,15-19,31,36H,6-7,14H2,1H3/t18-,31+/m1/s1. The summed E-state index contributed by atoms with van der Waals surface area (Å²) in [6.45, 7) is 2.10. The van der Waals surface area contributed by atoms with Crippen molar-refractivity contribution in [1.82, 2.24) is 0 Å². The highest BCUT2D eigenvalue weighted by atomic mass is 79.9. The molecule has 5 heteroatoms. The lowest BCUT2D eigenvalue weighted by Gasteiger charge is -2.44. The van der Waals surface area contributed by atoms with Crippen LogP contribution in [0.3, 0.4) is 0 Å². The first kappa shape index (κ1) is 23.2. The van der Waals surface area contributed by atoms with Crippen molar-refractivity contribution in [3.63, 3.8) is 0 Å². The van der Waals surface area contributed by atoms with E-state index in [-0.39, 0.29) is 17.4 Å². The number of phenols is 1. The lowest BCUT2D eigenvalue weighted by atomic mass is 9.82. The summed E-state index contributed by atoms with van der Waals surface area (Å²) in [6.07, 6.45) is 3.17. The fraction of sp³-hybridized carbons (Fsp3) is 0.226. The molecule has 1 heterocycles. The summed E-state index contributed by atoms with van der Waals surface area (Å²) in [6, 6.07) is 23.7. The molecule has 1 N–H and O–H groups in total. The predicted molar refractivity (Wildman–Crippen MR) is 144 cm³/mol. The van der Waals surface area contributed by atoms with E-state index in [0.29, 0.717) is 10.4 Å². The third-order valence-electron chi connectivity index (χ3n) is 7.48. The van der Waals surface area contributed by atoms with Crippen molar-refractivity contribution in [1.29, 1.82) is 0 Å². The summed E-state index contributed by atoms with van der Waals surface area (Å²) < 4.78 is 31.3. The van der Waals surface area contributed by atoms with Gasteiger partial charge < -0.3 is 10.0 Å². The molecular weight excluding hydrogens is 520 g/mol. The third-order valence-corrected chi connectivity index (χ3v) is 7.94. The monoisotopic (exact) mass is 545 g/mol. The van der Waals surface area contributed by atoms with E-state index in [1.165, 1.54) is 30.5 Å². The minimum Gasteiger partial charge on any atom is -0.507 e. The van der Waals surface area contributed by atoms with Crippen LogP contribution in [0.5, 0.6) is 5.75 Å². The number of phenolic OH excluding ortho intramolecular Hbond substituents is 1. The second-order valence-electron chi connectivity index (χ2n) is 9.94. The molecule has 2 atom stereocenters. The maximum atomic E-state index is 15.5. The molecular formula is C31H26BrF2NO. The van der Waals surface area contributed by atoms with Gasteiger partial charge in [-0.1, -0.05) is 64.5 Å². The van der Waals surface area contributed by atoms with Gasteiger partial charge in [0.05, 0.1) is 11.6 Å². The van der Waals surface area contributed by atoms with Crippen LogP contribution in [0.1, 0.15) is 54.0 Å². The molecule has 0 radical (unpaired) electrons. The topological polar surface area (TPSA) is 23.5 Å². The zero-order chi connectivity index (χ0) is 25.0. The second kappa shape index (κ2) is 9.04. The van der Waals surface area contributed by atoms with E-state index in [4.69, 9.17) is 0 Å². The van der Waals surface area contributed by atoms with Crippen molar-refractivity contribution in [2.75, 3.05) is 4.90 Å². The Morgan fingerprint density at radius 2 is 1.58 bits per heavy atom. The predicted octanol–water partition coefficient (Wildman–Crippen LogP) is 8.52. The number of benzene rings is 4. The van der Waals surface area contributed by atoms with Crippen LogP contribution in [0.4, 0.5) is 14.5 Å². The summed E-state index contributed by atoms with van der Waals surface area (Å²) in [5, 5.41) is 10.4. The normalized spacial score (nSPS) is 19.3. The fourth-order valence-electron chi connectivity index (χ4n) is 5.60. The molecule has 0 amide bonds. The lowest BCUT2D eigenvalue weighted by Crippen LogP contribution is -2.43.